The van der Waals surface area contributed by atoms with Gasteiger partial charge >= 0.3 is 0 Å². The summed E-state index contributed by atoms with van der Waals surface area (Å²) in [5.41, 5.74) is 2.43. The topological polar surface area (TPSA) is 0 Å². The summed E-state index contributed by atoms with van der Waals surface area (Å²) in [7, 11) is 0. The van der Waals surface area contributed by atoms with Crippen LogP contribution in [0.1, 0.15) is 48.5 Å². The molecule has 0 amide bonds. The third-order valence-electron chi connectivity index (χ3n) is 1.11. The summed E-state index contributed by atoms with van der Waals surface area (Å²) in [6.45, 7) is 14.1. The Balaban J connectivity index is -0.000000140. The minimum Gasteiger partial charge on any atom is -0.0959 e. The van der Waals surface area contributed by atoms with E-state index in [1.165, 1.54) is 12.0 Å². The maximum Gasteiger partial charge on any atom is -0.0399 e. The van der Waals surface area contributed by atoms with E-state index in [1.54, 1.807) is 0 Å². The van der Waals surface area contributed by atoms with Crippen molar-refractivity contribution in [2.45, 2.75) is 48.5 Å². The van der Waals surface area contributed by atoms with Gasteiger partial charge in [-0.05, 0) is 20.8 Å². The van der Waals surface area contributed by atoms with Crippen molar-refractivity contribution < 1.29 is 0 Å². The fourth-order valence-electron chi connectivity index (χ4n) is 0.246. The first-order chi connectivity index (χ1) is 4.59. The van der Waals surface area contributed by atoms with E-state index in [1.807, 2.05) is 13.8 Å². The van der Waals surface area contributed by atoms with Crippen LogP contribution in [0.3, 0.4) is 0 Å². The average Bonchev–Trinajstić information content (AvgIpc) is 1.88. The summed E-state index contributed by atoms with van der Waals surface area (Å²) in [6.07, 6.45) is 3.31. The first-order valence-electron chi connectivity index (χ1n) is 3.88. The summed E-state index contributed by atoms with van der Waals surface area (Å²) in [4.78, 5) is 0. The fraction of sp³-hybridized carbons (Fsp3) is 0.636. The van der Waals surface area contributed by atoms with E-state index in [0.29, 0.717) is 0 Å². The predicted molar refractivity (Wildman–Crippen MR) is 56.9 cm³/mol. The Morgan fingerprint density at radius 2 is 1.55 bits per heavy atom. The number of allylic oxidation sites excluding steroid dienone is 3. The first-order valence-corrected chi connectivity index (χ1v) is 3.88. The van der Waals surface area contributed by atoms with Gasteiger partial charge in [0.15, 0.2) is 0 Å². The summed E-state index contributed by atoms with van der Waals surface area (Å²) >= 11 is 0. The number of hydrogen-bond donors (Lipinski definition) is 0. The van der Waals surface area contributed by atoms with E-state index in [9.17, 15) is 0 Å². The van der Waals surface area contributed by atoms with Gasteiger partial charge in [0.25, 0.3) is 0 Å². The van der Waals surface area contributed by atoms with E-state index in [-0.39, 0.29) is 7.43 Å². The third-order valence-corrected chi connectivity index (χ3v) is 1.11. The van der Waals surface area contributed by atoms with Crippen molar-refractivity contribution in [2.75, 3.05) is 0 Å². The van der Waals surface area contributed by atoms with Crippen LogP contribution in [0, 0.1) is 0 Å². The summed E-state index contributed by atoms with van der Waals surface area (Å²) in [6, 6.07) is 0. The molecule has 0 spiro atoms. The summed E-state index contributed by atoms with van der Waals surface area (Å²) in [5.74, 6) is 0. The van der Waals surface area contributed by atoms with Crippen LogP contribution in [0.15, 0.2) is 23.8 Å². The van der Waals surface area contributed by atoms with E-state index in [0.717, 1.165) is 5.57 Å². The molecule has 0 saturated carbocycles. The van der Waals surface area contributed by atoms with Crippen LogP contribution in [-0.2, 0) is 0 Å². The van der Waals surface area contributed by atoms with E-state index in [2.05, 4.69) is 33.4 Å². The molecule has 0 atom stereocenters. The maximum absolute atomic E-state index is 3.76. The SMILES string of the molecule is C.C=C(C)/C(C)=C\C.CCC. The van der Waals surface area contributed by atoms with E-state index >= 15 is 0 Å². The van der Waals surface area contributed by atoms with Crippen LogP contribution in [0.5, 0.6) is 0 Å². The highest BCUT2D eigenvalue weighted by Crippen LogP contribution is 2.02. The molecule has 0 radical (unpaired) electrons. The molecule has 0 aromatic heterocycles. The van der Waals surface area contributed by atoms with Gasteiger partial charge in [0.1, 0.15) is 0 Å². The molecule has 68 valence electrons. The molecule has 0 aromatic carbocycles. The number of hydrogen-bond acceptors (Lipinski definition) is 0. The minimum atomic E-state index is 0. The Kier molecular flexibility index (Phi) is 18.6. The van der Waals surface area contributed by atoms with E-state index in [4.69, 9.17) is 0 Å². The van der Waals surface area contributed by atoms with Crippen molar-refractivity contribution in [2.24, 2.45) is 0 Å². The summed E-state index contributed by atoms with van der Waals surface area (Å²) < 4.78 is 0. The quantitative estimate of drug-likeness (QED) is 0.487. The van der Waals surface area contributed by atoms with Gasteiger partial charge in [-0.2, -0.15) is 0 Å². The second kappa shape index (κ2) is 12.2. The van der Waals surface area contributed by atoms with Crippen LogP contribution in [0.4, 0.5) is 0 Å². The van der Waals surface area contributed by atoms with E-state index < -0.39 is 0 Å². The molecule has 0 nitrogen and oxygen atoms in total. The van der Waals surface area contributed by atoms with Crippen LogP contribution in [0.2, 0.25) is 0 Å². The Bertz CT molecular complexity index is 107. The molecular formula is C11H24. The largest absolute Gasteiger partial charge is 0.0959 e. The molecule has 0 aliphatic carbocycles. The van der Waals surface area contributed by atoms with Crippen LogP contribution < -0.4 is 0 Å². The molecular weight excluding hydrogens is 132 g/mol. The van der Waals surface area contributed by atoms with Crippen molar-refractivity contribution >= 4 is 0 Å². The second-order valence-electron chi connectivity index (χ2n) is 2.46. The van der Waals surface area contributed by atoms with Crippen LogP contribution in [-0.4, -0.2) is 0 Å². The van der Waals surface area contributed by atoms with Crippen LogP contribution in [0.25, 0.3) is 0 Å². The Morgan fingerprint density at radius 1 is 1.27 bits per heavy atom. The van der Waals surface area contributed by atoms with Crippen molar-refractivity contribution in [1.82, 2.24) is 0 Å². The molecule has 0 heteroatoms. The average molecular weight is 156 g/mol. The van der Waals surface area contributed by atoms with Gasteiger partial charge in [-0.25, -0.2) is 0 Å². The lowest BCUT2D eigenvalue weighted by Crippen LogP contribution is -1.71. The molecule has 0 bridgehead atoms. The van der Waals surface area contributed by atoms with Crippen molar-refractivity contribution in [3.8, 4) is 0 Å². The highest BCUT2D eigenvalue weighted by molar-refractivity contribution is 5.22. The lowest BCUT2D eigenvalue weighted by molar-refractivity contribution is 1.09. The maximum atomic E-state index is 3.76. The van der Waals surface area contributed by atoms with Gasteiger partial charge in [0, 0.05) is 0 Å². The van der Waals surface area contributed by atoms with Gasteiger partial charge < -0.3 is 0 Å². The molecule has 0 N–H and O–H groups in total. The molecule has 0 saturated heterocycles. The molecule has 0 aliphatic heterocycles. The Morgan fingerprint density at radius 3 is 1.55 bits per heavy atom. The van der Waals surface area contributed by atoms with Gasteiger partial charge in [-0.15, -0.1) is 0 Å². The second-order valence-corrected chi connectivity index (χ2v) is 2.46. The molecule has 0 fully saturated rings. The monoisotopic (exact) mass is 156 g/mol. The van der Waals surface area contributed by atoms with Crippen molar-refractivity contribution in [3.63, 3.8) is 0 Å². The lowest BCUT2D eigenvalue weighted by atomic mass is 10.2. The Hall–Kier alpha value is -0.520. The highest BCUT2D eigenvalue weighted by atomic mass is 13.9. The molecule has 11 heavy (non-hydrogen) atoms. The lowest BCUT2D eigenvalue weighted by Gasteiger charge is -1.92. The van der Waals surface area contributed by atoms with Gasteiger partial charge in [0.05, 0.1) is 0 Å². The fourth-order valence-corrected chi connectivity index (χ4v) is 0.246. The predicted octanol–water partition coefficient (Wildman–Crippen LogP) is 4.58. The first kappa shape index (κ1) is 16.8. The van der Waals surface area contributed by atoms with Crippen molar-refractivity contribution in [3.05, 3.63) is 23.8 Å². The van der Waals surface area contributed by atoms with Gasteiger partial charge in [0.2, 0.25) is 0 Å². The zero-order chi connectivity index (χ0) is 8.57. The molecule has 0 aliphatic rings. The third kappa shape index (κ3) is 17.7. The zero-order valence-corrected chi connectivity index (χ0v) is 7.99. The minimum absolute atomic E-state index is 0. The number of rotatable bonds is 1. The van der Waals surface area contributed by atoms with Crippen LogP contribution >= 0.6 is 0 Å². The molecule has 0 unspecified atom stereocenters. The van der Waals surface area contributed by atoms with Gasteiger partial charge in [-0.1, -0.05) is 51.5 Å². The normalized spacial score (nSPS) is 9.00. The molecule has 0 heterocycles. The standard InChI is InChI=1S/C7H12.C3H8.CH4/c1-5-7(4)6(2)3;1-3-2;/h5H,2H2,1,3-4H3;3H2,1-2H3;1H4/b7-5-;;. The van der Waals surface area contributed by atoms with Crippen molar-refractivity contribution in [1.29, 1.82) is 0 Å². The zero-order valence-electron chi connectivity index (χ0n) is 7.99. The summed E-state index contributed by atoms with van der Waals surface area (Å²) in [5, 5.41) is 0. The highest BCUT2D eigenvalue weighted by Gasteiger charge is 1.81. The van der Waals surface area contributed by atoms with Gasteiger partial charge in [-0.3, -0.25) is 0 Å². The smallest absolute Gasteiger partial charge is 0.0399 e. The molecule has 0 aromatic rings. The molecule has 0 rings (SSSR count). The Labute approximate surface area is 73.0 Å².